The van der Waals surface area contributed by atoms with Crippen molar-refractivity contribution in [2.45, 2.75) is 94.8 Å². The third kappa shape index (κ3) is 3.51. The van der Waals surface area contributed by atoms with Gasteiger partial charge in [-0.2, -0.15) is 0 Å². The molecule has 0 amide bonds. The number of rotatable bonds is 4. The first-order valence-corrected chi connectivity index (χ1v) is 14.4. The van der Waals surface area contributed by atoms with Crippen LogP contribution in [-0.4, -0.2) is 38.3 Å². The molecule has 3 fully saturated rings. The molecular formula is C18H35O3PS. The van der Waals surface area contributed by atoms with Gasteiger partial charge in [0.1, 0.15) is 0 Å². The van der Waals surface area contributed by atoms with Crippen molar-refractivity contribution in [3.8, 4) is 0 Å². The van der Waals surface area contributed by atoms with Gasteiger partial charge in [0.25, 0.3) is 0 Å². The van der Waals surface area contributed by atoms with Crippen LogP contribution in [0, 0.1) is 0 Å². The van der Waals surface area contributed by atoms with Gasteiger partial charge >= 0.3 is 143 Å². The van der Waals surface area contributed by atoms with Gasteiger partial charge in [-0.25, -0.2) is 0 Å². The molecule has 23 heavy (non-hydrogen) atoms. The second kappa shape index (κ2) is 6.92. The van der Waals surface area contributed by atoms with Crippen molar-refractivity contribution >= 4 is 16.9 Å². The first-order valence-electron chi connectivity index (χ1n) is 9.87. The van der Waals surface area contributed by atoms with Crippen molar-refractivity contribution in [2.24, 2.45) is 0 Å². The molecule has 1 aliphatic heterocycles. The Morgan fingerprint density at radius 1 is 0.696 bits per heavy atom. The summed E-state index contributed by atoms with van der Waals surface area (Å²) in [6.07, 6.45) is 19.9. The zero-order chi connectivity index (χ0) is 16.4. The fraction of sp³-hybridized carbons (Fsp3) is 1.00. The zero-order valence-corrected chi connectivity index (χ0v) is 16.6. The molecule has 0 atom stereocenters. The maximum absolute atomic E-state index is 12.4. The van der Waals surface area contributed by atoms with Crippen LogP contribution in [0.5, 0.6) is 0 Å². The summed E-state index contributed by atoms with van der Waals surface area (Å²) in [5.41, 5.74) is 1.15. The van der Waals surface area contributed by atoms with Crippen LogP contribution in [0.15, 0.2) is 0 Å². The molecule has 0 bridgehead atoms. The van der Waals surface area contributed by atoms with E-state index in [0.29, 0.717) is 11.3 Å². The fourth-order valence-electron chi connectivity index (χ4n) is 6.20. The standard InChI is InChI=1S/C18H35O3PS/c1-23(19,20)21-22(15-9-4-10-16-22,17-11-5-2-6-12-17)18-13-7-3-8-14-18/h17-18H,2-16H2,1H3. The molecular weight excluding hydrogens is 327 g/mol. The van der Waals surface area contributed by atoms with E-state index in [0.717, 1.165) is 12.3 Å². The molecule has 136 valence electrons. The molecule has 3 rings (SSSR count). The van der Waals surface area contributed by atoms with E-state index >= 15 is 0 Å². The molecule has 0 radical (unpaired) electrons. The summed E-state index contributed by atoms with van der Waals surface area (Å²) in [4.78, 5) is 0. The van der Waals surface area contributed by atoms with E-state index in [-0.39, 0.29) is 0 Å². The Balaban J connectivity index is 2.06. The Kier molecular flexibility index (Phi) is 5.46. The van der Waals surface area contributed by atoms with Gasteiger partial charge < -0.3 is 0 Å². The van der Waals surface area contributed by atoms with Gasteiger partial charge in [-0.15, -0.1) is 0 Å². The Morgan fingerprint density at radius 2 is 1.09 bits per heavy atom. The molecule has 5 heteroatoms. The normalized spacial score (nSPS) is 32.0. The Bertz CT molecular complexity index is 476. The SMILES string of the molecule is CS(=O)(=O)OP1(C2CCCCC2)(C2CCCCC2)CCCCC1. The van der Waals surface area contributed by atoms with Gasteiger partial charge in [0.2, 0.25) is 0 Å². The predicted molar refractivity (Wildman–Crippen MR) is 100 cm³/mol. The average Bonchev–Trinajstić information content (AvgIpc) is 2.56. The molecule has 2 saturated carbocycles. The molecule has 3 nitrogen and oxygen atoms in total. The minimum atomic E-state index is -3.38. The molecule has 0 aromatic carbocycles. The molecule has 2 aliphatic carbocycles. The Labute approximate surface area is 143 Å². The van der Waals surface area contributed by atoms with Crippen molar-refractivity contribution in [3.63, 3.8) is 0 Å². The van der Waals surface area contributed by atoms with Crippen LogP contribution < -0.4 is 0 Å². The molecule has 3 aliphatic rings. The number of hydrogen-bond donors (Lipinski definition) is 0. The van der Waals surface area contributed by atoms with Gasteiger partial charge in [0.05, 0.1) is 0 Å². The van der Waals surface area contributed by atoms with Crippen LogP contribution >= 0.6 is 6.83 Å². The van der Waals surface area contributed by atoms with Crippen LogP contribution in [0.4, 0.5) is 0 Å². The van der Waals surface area contributed by atoms with Crippen LogP contribution in [-0.2, 0) is 14.1 Å². The summed E-state index contributed by atoms with van der Waals surface area (Å²) in [5.74, 6) is 0. The van der Waals surface area contributed by atoms with E-state index in [2.05, 4.69) is 0 Å². The fourth-order valence-corrected chi connectivity index (χ4v) is 17.9. The van der Waals surface area contributed by atoms with Gasteiger partial charge in [0, 0.05) is 0 Å². The summed E-state index contributed by atoms with van der Waals surface area (Å²) in [5, 5.41) is 0. The summed E-state index contributed by atoms with van der Waals surface area (Å²) < 4.78 is 31.2. The van der Waals surface area contributed by atoms with E-state index < -0.39 is 16.9 Å². The molecule has 1 heterocycles. The van der Waals surface area contributed by atoms with Crippen LogP contribution in [0.2, 0.25) is 0 Å². The van der Waals surface area contributed by atoms with Crippen LogP contribution in [0.3, 0.4) is 0 Å². The average molecular weight is 363 g/mol. The van der Waals surface area contributed by atoms with Crippen molar-refractivity contribution in [2.75, 3.05) is 18.6 Å². The zero-order valence-electron chi connectivity index (χ0n) is 14.8. The molecule has 1 saturated heterocycles. The number of hydrogen-bond acceptors (Lipinski definition) is 3. The van der Waals surface area contributed by atoms with Crippen LogP contribution in [0.25, 0.3) is 0 Å². The molecule has 0 aromatic rings. The van der Waals surface area contributed by atoms with Gasteiger partial charge in [-0.1, -0.05) is 0 Å². The molecule has 0 aromatic heterocycles. The van der Waals surface area contributed by atoms with E-state index in [4.69, 9.17) is 3.97 Å². The summed E-state index contributed by atoms with van der Waals surface area (Å²) in [7, 11) is -3.38. The topological polar surface area (TPSA) is 43.4 Å². The summed E-state index contributed by atoms with van der Waals surface area (Å²) >= 11 is 0. The predicted octanol–water partition coefficient (Wildman–Crippen LogP) is 5.28. The van der Waals surface area contributed by atoms with Crippen molar-refractivity contribution in [1.29, 1.82) is 0 Å². The van der Waals surface area contributed by atoms with Crippen molar-refractivity contribution < 1.29 is 12.4 Å². The van der Waals surface area contributed by atoms with E-state index in [1.54, 1.807) is 0 Å². The second-order valence-electron chi connectivity index (χ2n) is 8.44. The monoisotopic (exact) mass is 362 g/mol. The molecule has 0 N–H and O–H groups in total. The quantitative estimate of drug-likeness (QED) is 0.639. The Morgan fingerprint density at radius 3 is 1.48 bits per heavy atom. The molecule has 0 unspecified atom stereocenters. The first kappa shape index (κ1) is 18.1. The molecule has 0 spiro atoms. The van der Waals surface area contributed by atoms with Gasteiger partial charge in [-0.3, -0.25) is 0 Å². The minimum absolute atomic E-state index is 0.577. The van der Waals surface area contributed by atoms with E-state index in [1.807, 2.05) is 0 Å². The van der Waals surface area contributed by atoms with Crippen molar-refractivity contribution in [3.05, 3.63) is 0 Å². The summed E-state index contributed by atoms with van der Waals surface area (Å²) in [6.45, 7) is -2.66. The third-order valence-corrected chi connectivity index (χ3v) is 16.9. The van der Waals surface area contributed by atoms with E-state index in [9.17, 15) is 8.42 Å². The summed E-state index contributed by atoms with van der Waals surface area (Å²) in [6, 6.07) is 0. The Hall–Kier alpha value is 0.340. The maximum atomic E-state index is 12.4. The van der Waals surface area contributed by atoms with Crippen LogP contribution in [0.1, 0.15) is 83.5 Å². The first-order chi connectivity index (χ1) is 11.0. The van der Waals surface area contributed by atoms with Gasteiger partial charge in [0.15, 0.2) is 0 Å². The van der Waals surface area contributed by atoms with Gasteiger partial charge in [-0.05, 0) is 0 Å². The van der Waals surface area contributed by atoms with Crippen molar-refractivity contribution in [1.82, 2.24) is 0 Å². The van der Waals surface area contributed by atoms with E-state index in [1.165, 1.54) is 89.7 Å². The second-order valence-corrected chi connectivity index (χ2v) is 15.9. The third-order valence-electron chi connectivity index (χ3n) is 7.06.